The summed E-state index contributed by atoms with van der Waals surface area (Å²) >= 11 is 0. The number of rotatable bonds is 6. The van der Waals surface area contributed by atoms with Gasteiger partial charge in [-0.2, -0.15) is 0 Å². The van der Waals surface area contributed by atoms with Gasteiger partial charge in [0.15, 0.2) is 0 Å². The first kappa shape index (κ1) is 16.5. The zero-order valence-corrected chi connectivity index (χ0v) is 13.3. The predicted molar refractivity (Wildman–Crippen MR) is 88.7 cm³/mol. The summed E-state index contributed by atoms with van der Waals surface area (Å²) in [6, 6.07) is 14.7. The molecule has 0 saturated carbocycles. The van der Waals surface area contributed by atoms with Crippen molar-refractivity contribution in [2.24, 2.45) is 5.14 Å². The van der Waals surface area contributed by atoms with Gasteiger partial charge in [-0.1, -0.05) is 24.3 Å². The first-order valence-corrected chi connectivity index (χ1v) is 8.59. The van der Waals surface area contributed by atoms with Crippen LogP contribution in [0.3, 0.4) is 0 Å². The third-order valence-corrected chi connectivity index (χ3v) is 4.36. The molecule has 5 nitrogen and oxygen atoms in total. The Hall–Kier alpha value is -1.89. The number of benzene rings is 2. The zero-order valence-electron chi connectivity index (χ0n) is 12.5. The van der Waals surface area contributed by atoms with Crippen LogP contribution in [0.1, 0.15) is 18.1 Å². The lowest BCUT2D eigenvalue weighted by Gasteiger charge is -2.14. The molecular formula is C16H21N3O2S. The summed E-state index contributed by atoms with van der Waals surface area (Å²) in [6.07, 6.45) is 0.898. The average molecular weight is 319 g/mol. The van der Waals surface area contributed by atoms with Crippen LogP contribution in [0.2, 0.25) is 0 Å². The smallest absolute Gasteiger partial charge is 0.238 e. The van der Waals surface area contributed by atoms with E-state index in [0.717, 1.165) is 17.7 Å². The molecule has 0 spiro atoms. The molecule has 2 rings (SSSR count). The molecule has 0 saturated heterocycles. The largest absolute Gasteiger partial charge is 0.399 e. The molecule has 0 radical (unpaired) electrons. The summed E-state index contributed by atoms with van der Waals surface area (Å²) in [6.45, 7) is 2.77. The quantitative estimate of drug-likeness (QED) is 0.705. The fourth-order valence-corrected chi connectivity index (χ4v) is 2.68. The molecule has 0 aliphatic carbocycles. The van der Waals surface area contributed by atoms with Crippen LogP contribution in [-0.4, -0.2) is 14.5 Å². The Labute approximate surface area is 131 Å². The van der Waals surface area contributed by atoms with Crippen LogP contribution >= 0.6 is 0 Å². The highest BCUT2D eigenvalue weighted by Gasteiger charge is 2.07. The van der Waals surface area contributed by atoms with Crippen molar-refractivity contribution in [2.75, 3.05) is 5.73 Å². The number of anilines is 1. The third-order valence-electron chi connectivity index (χ3n) is 3.43. The van der Waals surface area contributed by atoms with Gasteiger partial charge >= 0.3 is 0 Å². The van der Waals surface area contributed by atoms with Crippen molar-refractivity contribution < 1.29 is 8.42 Å². The highest BCUT2D eigenvalue weighted by Crippen LogP contribution is 2.10. The van der Waals surface area contributed by atoms with Crippen molar-refractivity contribution in [3.63, 3.8) is 0 Å². The summed E-state index contributed by atoms with van der Waals surface area (Å²) < 4.78 is 22.4. The van der Waals surface area contributed by atoms with Crippen LogP contribution in [0, 0.1) is 0 Å². The summed E-state index contributed by atoms with van der Waals surface area (Å²) in [7, 11) is -3.63. The summed E-state index contributed by atoms with van der Waals surface area (Å²) in [5.74, 6) is 0. The third kappa shape index (κ3) is 4.84. The Kier molecular flexibility index (Phi) is 5.18. The lowest BCUT2D eigenvalue weighted by atomic mass is 10.1. The molecule has 0 fully saturated rings. The molecule has 0 amide bonds. The van der Waals surface area contributed by atoms with E-state index in [1.807, 2.05) is 24.3 Å². The van der Waals surface area contributed by atoms with Crippen LogP contribution in [0.15, 0.2) is 53.4 Å². The number of primary sulfonamides is 1. The molecule has 6 heteroatoms. The van der Waals surface area contributed by atoms with Gasteiger partial charge in [-0.05, 0) is 48.7 Å². The maximum absolute atomic E-state index is 11.2. The van der Waals surface area contributed by atoms with E-state index < -0.39 is 10.0 Å². The topological polar surface area (TPSA) is 98.2 Å². The lowest BCUT2D eigenvalue weighted by molar-refractivity contribution is 0.545. The van der Waals surface area contributed by atoms with Gasteiger partial charge in [0.05, 0.1) is 4.90 Å². The van der Waals surface area contributed by atoms with Crippen LogP contribution in [0.5, 0.6) is 0 Å². The van der Waals surface area contributed by atoms with Gasteiger partial charge in [-0.3, -0.25) is 0 Å². The average Bonchev–Trinajstić information content (AvgIpc) is 2.47. The summed E-state index contributed by atoms with van der Waals surface area (Å²) in [5.41, 5.74) is 8.66. The van der Waals surface area contributed by atoms with Crippen molar-refractivity contribution in [1.82, 2.24) is 5.32 Å². The molecule has 0 bridgehead atoms. The number of hydrogen-bond acceptors (Lipinski definition) is 4. The van der Waals surface area contributed by atoms with Crippen LogP contribution in [0.25, 0.3) is 0 Å². The van der Waals surface area contributed by atoms with Gasteiger partial charge in [0, 0.05) is 18.3 Å². The molecule has 2 aromatic rings. The van der Waals surface area contributed by atoms with Crippen molar-refractivity contribution in [2.45, 2.75) is 30.8 Å². The highest BCUT2D eigenvalue weighted by molar-refractivity contribution is 7.89. The second-order valence-electron chi connectivity index (χ2n) is 5.42. The van der Waals surface area contributed by atoms with E-state index in [4.69, 9.17) is 10.9 Å². The minimum absolute atomic E-state index is 0.131. The minimum Gasteiger partial charge on any atom is -0.399 e. The fraction of sp³-hybridized carbons (Fsp3) is 0.250. The Morgan fingerprint density at radius 1 is 1.00 bits per heavy atom. The van der Waals surface area contributed by atoms with Crippen molar-refractivity contribution in [3.05, 3.63) is 59.7 Å². The number of nitrogens with two attached hydrogens (primary N) is 2. The molecule has 0 heterocycles. The Balaban J connectivity index is 1.88. The molecule has 1 unspecified atom stereocenters. The van der Waals surface area contributed by atoms with Gasteiger partial charge in [0.25, 0.3) is 0 Å². The van der Waals surface area contributed by atoms with Crippen LogP contribution in [-0.2, 0) is 23.0 Å². The van der Waals surface area contributed by atoms with E-state index in [9.17, 15) is 8.42 Å². The maximum Gasteiger partial charge on any atom is 0.238 e. The zero-order chi connectivity index (χ0) is 16.2. The molecular weight excluding hydrogens is 298 g/mol. The second kappa shape index (κ2) is 6.91. The normalized spacial score (nSPS) is 13.0. The number of nitrogen functional groups attached to an aromatic ring is 1. The van der Waals surface area contributed by atoms with E-state index in [-0.39, 0.29) is 4.90 Å². The first-order chi connectivity index (χ1) is 10.3. The van der Waals surface area contributed by atoms with E-state index in [1.54, 1.807) is 12.1 Å². The minimum atomic E-state index is -3.63. The Morgan fingerprint density at radius 2 is 1.55 bits per heavy atom. The molecule has 0 aromatic heterocycles. The van der Waals surface area contributed by atoms with Gasteiger partial charge in [-0.25, -0.2) is 13.6 Å². The molecule has 0 aliphatic rings. The fourth-order valence-electron chi connectivity index (χ4n) is 2.17. The monoisotopic (exact) mass is 319 g/mol. The summed E-state index contributed by atoms with van der Waals surface area (Å²) in [4.78, 5) is 0.131. The lowest BCUT2D eigenvalue weighted by Crippen LogP contribution is -2.27. The van der Waals surface area contributed by atoms with E-state index in [1.165, 1.54) is 17.7 Å². The number of sulfonamides is 1. The van der Waals surface area contributed by atoms with Gasteiger partial charge < -0.3 is 11.1 Å². The van der Waals surface area contributed by atoms with Crippen molar-refractivity contribution in [3.8, 4) is 0 Å². The SMILES string of the molecule is CC(Cc1ccc(N)cc1)NCc1ccc(S(N)(=O)=O)cc1. The van der Waals surface area contributed by atoms with Crippen LogP contribution < -0.4 is 16.2 Å². The van der Waals surface area contributed by atoms with Crippen LogP contribution in [0.4, 0.5) is 5.69 Å². The molecule has 22 heavy (non-hydrogen) atoms. The first-order valence-electron chi connectivity index (χ1n) is 7.04. The van der Waals surface area contributed by atoms with Gasteiger partial charge in [-0.15, -0.1) is 0 Å². The van der Waals surface area contributed by atoms with Crippen molar-refractivity contribution in [1.29, 1.82) is 0 Å². The molecule has 118 valence electrons. The molecule has 0 aliphatic heterocycles. The molecule has 5 N–H and O–H groups in total. The highest BCUT2D eigenvalue weighted by atomic mass is 32.2. The van der Waals surface area contributed by atoms with Gasteiger partial charge in [0.1, 0.15) is 0 Å². The predicted octanol–water partition coefficient (Wildman–Crippen LogP) is 1.64. The van der Waals surface area contributed by atoms with E-state index in [0.29, 0.717) is 12.6 Å². The molecule has 1 atom stereocenters. The number of hydrogen-bond donors (Lipinski definition) is 3. The van der Waals surface area contributed by atoms with E-state index in [2.05, 4.69) is 12.2 Å². The Bertz CT molecular complexity index is 710. The standard InChI is InChI=1S/C16H21N3O2S/c1-12(10-13-2-6-15(17)7-3-13)19-11-14-4-8-16(9-5-14)22(18,20)21/h2-9,12,19H,10-11,17H2,1H3,(H2,18,20,21). The Morgan fingerprint density at radius 3 is 2.09 bits per heavy atom. The maximum atomic E-state index is 11.2. The van der Waals surface area contributed by atoms with Gasteiger partial charge in [0.2, 0.25) is 10.0 Å². The number of nitrogens with one attached hydrogen (secondary N) is 1. The van der Waals surface area contributed by atoms with E-state index >= 15 is 0 Å². The summed E-state index contributed by atoms with van der Waals surface area (Å²) in [5, 5.41) is 8.48. The second-order valence-corrected chi connectivity index (χ2v) is 6.98. The molecule has 2 aromatic carbocycles. The van der Waals surface area contributed by atoms with Crippen molar-refractivity contribution >= 4 is 15.7 Å².